The summed E-state index contributed by atoms with van der Waals surface area (Å²) in [5.74, 6) is -0.855. The van der Waals surface area contributed by atoms with E-state index in [1.165, 1.54) is 7.11 Å². The summed E-state index contributed by atoms with van der Waals surface area (Å²) in [6.45, 7) is 8.22. The molecule has 1 aromatic carbocycles. The molecule has 192 valence electrons. The van der Waals surface area contributed by atoms with E-state index in [-0.39, 0.29) is 47.9 Å². The lowest BCUT2D eigenvalue weighted by molar-refractivity contribution is -0.146. The van der Waals surface area contributed by atoms with Gasteiger partial charge < -0.3 is 25.6 Å². The van der Waals surface area contributed by atoms with Gasteiger partial charge in [0, 0.05) is 24.9 Å². The minimum Gasteiger partial charge on any atom is -0.399 e. The molecule has 5 unspecified atom stereocenters. The summed E-state index contributed by atoms with van der Waals surface area (Å²) >= 11 is 0. The number of nitrogens with zero attached hydrogens (tertiary/aromatic N) is 2. The Hall–Kier alpha value is -2.94. The van der Waals surface area contributed by atoms with E-state index in [2.05, 4.69) is 5.32 Å². The molecule has 3 rings (SSSR count). The summed E-state index contributed by atoms with van der Waals surface area (Å²) in [6, 6.07) is 4.66. The maximum atomic E-state index is 13.6. The van der Waals surface area contributed by atoms with Crippen LogP contribution in [0, 0.1) is 11.8 Å². The van der Waals surface area contributed by atoms with Crippen LogP contribution in [-0.4, -0.2) is 77.7 Å². The molecule has 9 heteroatoms. The highest BCUT2D eigenvalue weighted by Gasteiger charge is 2.53. The average Bonchev–Trinajstić information content (AvgIpc) is 3.39. The second-order valence-corrected chi connectivity index (χ2v) is 10.1. The van der Waals surface area contributed by atoms with Crippen molar-refractivity contribution in [3.05, 3.63) is 29.8 Å². The first kappa shape index (κ1) is 26.7. The third kappa shape index (κ3) is 5.66. The van der Waals surface area contributed by atoms with E-state index in [1.807, 2.05) is 27.7 Å². The molecule has 0 spiro atoms. The van der Waals surface area contributed by atoms with Crippen molar-refractivity contribution in [2.75, 3.05) is 25.9 Å². The van der Waals surface area contributed by atoms with E-state index in [9.17, 15) is 19.2 Å². The average molecular weight is 487 g/mol. The van der Waals surface area contributed by atoms with Crippen LogP contribution in [0.4, 0.5) is 5.69 Å². The van der Waals surface area contributed by atoms with Crippen LogP contribution in [0.5, 0.6) is 0 Å². The van der Waals surface area contributed by atoms with Crippen LogP contribution < -0.4 is 11.1 Å². The van der Waals surface area contributed by atoms with Gasteiger partial charge in [-0.25, -0.2) is 0 Å². The molecule has 3 N–H and O–H groups in total. The third-order valence-corrected chi connectivity index (χ3v) is 7.13. The number of hydrogen-bond donors (Lipinski definition) is 2. The van der Waals surface area contributed by atoms with Crippen LogP contribution in [-0.2, 0) is 19.1 Å². The summed E-state index contributed by atoms with van der Waals surface area (Å²) in [7, 11) is 1.51. The normalized spacial score (nSPS) is 22.2. The molecule has 35 heavy (non-hydrogen) atoms. The Labute approximate surface area is 207 Å². The number of carbonyl (C=O) groups excluding carboxylic acids is 4. The number of ether oxygens (including phenoxy) is 1. The molecule has 0 saturated carbocycles. The van der Waals surface area contributed by atoms with Gasteiger partial charge in [0.1, 0.15) is 18.2 Å². The number of methoxy groups -OCH3 is 1. The SMILES string of the molecule is CCC(C)C(OC)C(=O)N1CC(=O)C2C1CCN2C(=O)C(CC(C)C)NC(=O)c1ccc(N)cc1. The molecule has 2 aliphatic rings. The Morgan fingerprint density at radius 3 is 2.34 bits per heavy atom. The molecule has 1 aromatic rings. The molecule has 3 amide bonds. The Morgan fingerprint density at radius 1 is 1.11 bits per heavy atom. The lowest BCUT2D eigenvalue weighted by atomic mass is 10.00. The van der Waals surface area contributed by atoms with Crippen LogP contribution in [0.25, 0.3) is 0 Å². The van der Waals surface area contributed by atoms with Crippen molar-refractivity contribution >= 4 is 29.2 Å². The monoisotopic (exact) mass is 486 g/mol. The molecule has 5 atom stereocenters. The van der Waals surface area contributed by atoms with E-state index in [1.54, 1.807) is 34.1 Å². The van der Waals surface area contributed by atoms with E-state index in [0.29, 0.717) is 30.6 Å². The maximum Gasteiger partial charge on any atom is 0.252 e. The van der Waals surface area contributed by atoms with Gasteiger partial charge in [-0.3, -0.25) is 19.2 Å². The van der Waals surface area contributed by atoms with Crippen molar-refractivity contribution in [1.82, 2.24) is 15.1 Å². The first-order chi connectivity index (χ1) is 16.6. The molecule has 2 saturated heterocycles. The number of ketones is 1. The lowest BCUT2D eigenvalue weighted by Gasteiger charge is -2.30. The highest BCUT2D eigenvalue weighted by molar-refractivity contribution is 6.01. The predicted molar refractivity (Wildman–Crippen MR) is 132 cm³/mol. The van der Waals surface area contributed by atoms with Gasteiger partial charge in [0.15, 0.2) is 5.78 Å². The van der Waals surface area contributed by atoms with Crippen LogP contribution in [0.1, 0.15) is 57.3 Å². The number of benzene rings is 1. The van der Waals surface area contributed by atoms with Crippen LogP contribution in [0.2, 0.25) is 0 Å². The zero-order valence-electron chi connectivity index (χ0n) is 21.3. The smallest absolute Gasteiger partial charge is 0.252 e. The van der Waals surface area contributed by atoms with E-state index in [4.69, 9.17) is 10.5 Å². The van der Waals surface area contributed by atoms with E-state index >= 15 is 0 Å². The highest BCUT2D eigenvalue weighted by Crippen LogP contribution is 2.32. The van der Waals surface area contributed by atoms with Gasteiger partial charge >= 0.3 is 0 Å². The number of likely N-dealkylation sites (tertiary alicyclic amines) is 2. The number of nitrogen functional groups attached to an aromatic ring is 1. The van der Waals surface area contributed by atoms with E-state index < -0.39 is 18.2 Å². The molecule has 2 heterocycles. The second-order valence-electron chi connectivity index (χ2n) is 10.1. The maximum absolute atomic E-state index is 13.6. The summed E-state index contributed by atoms with van der Waals surface area (Å²) in [4.78, 5) is 55.9. The molecular formula is C26H38N4O5. The Bertz CT molecular complexity index is 948. The van der Waals surface area contributed by atoms with Gasteiger partial charge in [-0.15, -0.1) is 0 Å². The summed E-state index contributed by atoms with van der Waals surface area (Å²) < 4.78 is 5.47. The van der Waals surface area contributed by atoms with Gasteiger partial charge in [-0.1, -0.05) is 34.1 Å². The van der Waals surface area contributed by atoms with Gasteiger partial charge in [0.05, 0.1) is 12.6 Å². The number of rotatable bonds is 9. The van der Waals surface area contributed by atoms with Gasteiger partial charge in [-0.05, 0) is 48.9 Å². The van der Waals surface area contributed by atoms with Crippen LogP contribution in [0.15, 0.2) is 24.3 Å². The largest absolute Gasteiger partial charge is 0.399 e. The van der Waals surface area contributed by atoms with Crippen LogP contribution in [0.3, 0.4) is 0 Å². The molecule has 0 bridgehead atoms. The fourth-order valence-corrected chi connectivity index (χ4v) is 5.08. The number of nitrogens with one attached hydrogen (secondary N) is 1. The molecule has 2 fully saturated rings. The highest BCUT2D eigenvalue weighted by atomic mass is 16.5. The molecule has 0 aliphatic carbocycles. The van der Waals surface area contributed by atoms with Gasteiger partial charge in [0.25, 0.3) is 11.8 Å². The molecule has 9 nitrogen and oxygen atoms in total. The summed E-state index contributed by atoms with van der Waals surface area (Å²) in [5.41, 5.74) is 6.66. The van der Waals surface area contributed by atoms with Crippen molar-refractivity contribution in [2.45, 2.75) is 71.2 Å². The molecular weight excluding hydrogens is 448 g/mol. The van der Waals surface area contributed by atoms with Crippen molar-refractivity contribution in [1.29, 1.82) is 0 Å². The lowest BCUT2D eigenvalue weighted by Crippen LogP contribution is -2.53. The topological polar surface area (TPSA) is 122 Å². The number of fused-ring (bicyclic) bond motifs is 1. The van der Waals surface area contributed by atoms with Crippen LogP contribution >= 0.6 is 0 Å². The van der Waals surface area contributed by atoms with Crippen molar-refractivity contribution < 1.29 is 23.9 Å². The third-order valence-electron chi connectivity index (χ3n) is 7.13. The fourth-order valence-electron chi connectivity index (χ4n) is 5.08. The number of hydrogen-bond acceptors (Lipinski definition) is 6. The van der Waals surface area contributed by atoms with Crippen molar-refractivity contribution in [3.63, 3.8) is 0 Å². The zero-order valence-corrected chi connectivity index (χ0v) is 21.3. The Morgan fingerprint density at radius 2 is 1.77 bits per heavy atom. The first-order valence-corrected chi connectivity index (χ1v) is 12.4. The summed E-state index contributed by atoms with van der Waals surface area (Å²) in [5, 5.41) is 2.86. The Balaban J connectivity index is 1.77. The summed E-state index contributed by atoms with van der Waals surface area (Å²) in [6.07, 6.45) is 1.11. The first-order valence-electron chi connectivity index (χ1n) is 12.4. The standard InChI is InChI=1S/C26H38N4O5/c1-6-16(4)23(35-5)26(34)30-14-21(31)22-20(30)11-12-29(22)25(33)19(13-15(2)3)28-24(32)17-7-9-18(27)10-8-17/h7-10,15-16,19-20,22-23H,6,11-14,27H2,1-5H3,(H,28,32). The van der Waals surface area contributed by atoms with E-state index in [0.717, 1.165) is 6.42 Å². The van der Waals surface area contributed by atoms with Crippen molar-refractivity contribution in [2.24, 2.45) is 11.8 Å². The number of Topliss-reactive ketones (excluding diaryl/α,β-unsaturated/α-hetero) is 1. The minimum atomic E-state index is -0.775. The quantitative estimate of drug-likeness (QED) is 0.514. The molecule has 0 radical (unpaired) electrons. The molecule has 0 aromatic heterocycles. The number of anilines is 1. The number of amides is 3. The van der Waals surface area contributed by atoms with Gasteiger partial charge in [-0.2, -0.15) is 0 Å². The number of carbonyl (C=O) groups is 4. The second kappa shape index (κ2) is 11.2. The van der Waals surface area contributed by atoms with Crippen molar-refractivity contribution in [3.8, 4) is 0 Å². The fraction of sp³-hybridized carbons (Fsp3) is 0.615. The minimum absolute atomic E-state index is 0.0137. The number of nitrogens with two attached hydrogens (primary N) is 1. The zero-order chi connectivity index (χ0) is 25.9. The Kier molecular flexibility index (Phi) is 8.53. The predicted octanol–water partition coefficient (Wildman–Crippen LogP) is 1.86. The van der Waals surface area contributed by atoms with Gasteiger partial charge in [0.2, 0.25) is 5.91 Å². The molecule has 2 aliphatic heterocycles.